The first-order valence-corrected chi connectivity index (χ1v) is 4.58. The molecule has 72 valence electrons. The quantitative estimate of drug-likeness (QED) is 0.821. The number of para-hydroxylation sites is 1. The number of hydrogen-bond donors (Lipinski definition) is 1. The summed E-state index contributed by atoms with van der Waals surface area (Å²) in [5, 5.41) is 8.23. The Kier molecular flexibility index (Phi) is 4.02. The average Bonchev–Trinajstić information content (AvgIpc) is 2.15. The van der Waals surface area contributed by atoms with Gasteiger partial charge in [-0.2, -0.15) is 0 Å². The van der Waals surface area contributed by atoms with Crippen LogP contribution in [0.5, 0.6) is 5.75 Å². The van der Waals surface area contributed by atoms with Gasteiger partial charge in [0.05, 0.1) is 4.47 Å². The molecule has 0 aliphatic carbocycles. The molecule has 0 amide bonds. The monoisotopic (exact) mass is 254 g/mol. The summed E-state index contributed by atoms with van der Waals surface area (Å²) >= 11 is 3.29. The minimum Gasteiger partial charge on any atom is -0.480 e. The van der Waals surface area contributed by atoms with E-state index in [-0.39, 0.29) is 6.61 Å². The van der Waals surface area contributed by atoms with E-state index in [1.807, 2.05) is 24.1 Å². The van der Waals surface area contributed by atoms with Gasteiger partial charge in [0, 0.05) is 5.92 Å². The summed E-state index contributed by atoms with van der Waals surface area (Å²) in [6.07, 6.45) is 0. The maximum absolute atomic E-state index is 10.0. The number of aliphatic carboxylic acids is 1. The van der Waals surface area contributed by atoms with Gasteiger partial charge in [-0.15, -0.1) is 0 Å². The first-order valence-electron chi connectivity index (χ1n) is 3.79. The summed E-state index contributed by atoms with van der Waals surface area (Å²) in [5.74, 6) is 3.82. The Morgan fingerprint density at radius 1 is 1.50 bits per heavy atom. The molecule has 1 rings (SSSR count). The second-order valence-electron chi connectivity index (χ2n) is 2.33. The van der Waals surface area contributed by atoms with Crippen LogP contribution in [-0.4, -0.2) is 17.7 Å². The molecule has 0 aliphatic heterocycles. The van der Waals surface area contributed by atoms with Crippen molar-refractivity contribution in [1.82, 2.24) is 0 Å². The number of carboxylic acids is 1. The molecule has 1 aromatic carbocycles. The molecule has 0 saturated carbocycles. The van der Waals surface area contributed by atoms with Crippen molar-refractivity contribution < 1.29 is 14.6 Å². The lowest BCUT2D eigenvalue weighted by Crippen LogP contribution is -1.96. The van der Waals surface area contributed by atoms with Crippen LogP contribution in [0.3, 0.4) is 0 Å². The minimum absolute atomic E-state index is 0.0644. The summed E-state index contributed by atoms with van der Waals surface area (Å²) in [6, 6.07) is 7.29. The van der Waals surface area contributed by atoms with Gasteiger partial charge in [-0.05, 0) is 34.0 Å². The smallest absolute Gasteiger partial charge is 0.382 e. The van der Waals surface area contributed by atoms with E-state index in [9.17, 15) is 4.79 Å². The fourth-order valence-electron chi connectivity index (χ4n) is 0.787. The van der Waals surface area contributed by atoms with Crippen LogP contribution in [0.2, 0.25) is 0 Å². The molecule has 0 radical (unpaired) electrons. The number of carbonyl (C=O) groups is 1. The van der Waals surface area contributed by atoms with E-state index in [0.29, 0.717) is 5.75 Å². The number of carboxylic acid groups (broad SMARTS) is 1. The van der Waals surface area contributed by atoms with E-state index in [0.717, 1.165) is 4.47 Å². The standard InChI is InChI=1S/C10H7BrO3/c11-8-4-1-2-5-9(8)14-7-3-6-10(12)13/h1-2,4-5H,7H2,(H,12,13). The van der Waals surface area contributed by atoms with Crippen LogP contribution in [0, 0.1) is 11.8 Å². The zero-order valence-corrected chi connectivity index (χ0v) is 8.74. The molecule has 0 heterocycles. The van der Waals surface area contributed by atoms with E-state index >= 15 is 0 Å². The van der Waals surface area contributed by atoms with Gasteiger partial charge in [0.15, 0.2) is 0 Å². The highest BCUT2D eigenvalue weighted by Gasteiger charge is 1.96. The number of benzene rings is 1. The number of ether oxygens (including phenoxy) is 1. The van der Waals surface area contributed by atoms with Crippen molar-refractivity contribution in [3.05, 3.63) is 28.7 Å². The Bertz CT molecular complexity index is 390. The highest BCUT2D eigenvalue weighted by molar-refractivity contribution is 9.10. The summed E-state index contributed by atoms with van der Waals surface area (Å²) in [4.78, 5) is 10.0. The highest BCUT2D eigenvalue weighted by Crippen LogP contribution is 2.23. The average molecular weight is 255 g/mol. The molecule has 14 heavy (non-hydrogen) atoms. The fourth-order valence-corrected chi connectivity index (χ4v) is 1.19. The summed E-state index contributed by atoms with van der Waals surface area (Å²) in [5.41, 5.74) is 0. The first-order chi connectivity index (χ1) is 6.70. The Balaban J connectivity index is 2.52. The van der Waals surface area contributed by atoms with Gasteiger partial charge in [0.1, 0.15) is 12.4 Å². The lowest BCUT2D eigenvalue weighted by atomic mass is 10.3. The van der Waals surface area contributed by atoms with Gasteiger partial charge >= 0.3 is 5.97 Å². The third-order valence-corrected chi connectivity index (χ3v) is 1.99. The summed E-state index contributed by atoms with van der Waals surface area (Å²) < 4.78 is 6.02. The van der Waals surface area contributed by atoms with Crippen molar-refractivity contribution in [1.29, 1.82) is 0 Å². The third-order valence-electron chi connectivity index (χ3n) is 1.33. The molecule has 0 aliphatic rings. The van der Waals surface area contributed by atoms with Crippen molar-refractivity contribution in [3.63, 3.8) is 0 Å². The van der Waals surface area contributed by atoms with E-state index < -0.39 is 5.97 Å². The van der Waals surface area contributed by atoms with Crippen LogP contribution in [0.1, 0.15) is 0 Å². The second-order valence-corrected chi connectivity index (χ2v) is 3.18. The van der Waals surface area contributed by atoms with Crippen LogP contribution >= 0.6 is 15.9 Å². The van der Waals surface area contributed by atoms with Gasteiger partial charge in [-0.25, -0.2) is 4.79 Å². The van der Waals surface area contributed by atoms with Crippen molar-refractivity contribution in [2.24, 2.45) is 0 Å². The minimum atomic E-state index is -1.15. The van der Waals surface area contributed by atoms with Crippen LogP contribution in [-0.2, 0) is 4.79 Å². The molecule has 0 bridgehead atoms. The molecule has 0 saturated heterocycles. The molecule has 0 atom stereocenters. The molecule has 0 spiro atoms. The molecular formula is C10H7BrO3. The zero-order chi connectivity index (χ0) is 10.4. The normalized spacial score (nSPS) is 8.64. The van der Waals surface area contributed by atoms with E-state index in [1.54, 1.807) is 6.07 Å². The molecular weight excluding hydrogens is 248 g/mol. The number of hydrogen-bond acceptors (Lipinski definition) is 2. The van der Waals surface area contributed by atoms with Gasteiger partial charge in [0.25, 0.3) is 0 Å². The van der Waals surface area contributed by atoms with Crippen LogP contribution in [0.15, 0.2) is 28.7 Å². The largest absolute Gasteiger partial charge is 0.480 e. The molecule has 0 aromatic heterocycles. The number of halogens is 1. The highest BCUT2D eigenvalue weighted by atomic mass is 79.9. The van der Waals surface area contributed by atoms with Crippen LogP contribution < -0.4 is 4.74 Å². The molecule has 0 fully saturated rings. The predicted octanol–water partition coefficient (Wildman–Crippen LogP) is 1.92. The van der Waals surface area contributed by atoms with E-state index in [1.165, 1.54) is 0 Å². The van der Waals surface area contributed by atoms with E-state index in [4.69, 9.17) is 9.84 Å². The first kappa shape index (κ1) is 10.6. The van der Waals surface area contributed by atoms with Gasteiger partial charge < -0.3 is 9.84 Å². The lowest BCUT2D eigenvalue weighted by Gasteiger charge is -2.02. The van der Waals surface area contributed by atoms with E-state index in [2.05, 4.69) is 21.9 Å². The van der Waals surface area contributed by atoms with Gasteiger partial charge in [-0.1, -0.05) is 12.1 Å². The molecule has 1 aromatic rings. The van der Waals surface area contributed by atoms with Crippen molar-refractivity contribution in [2.75, 3.05) is 6.61 Å². The van der Waals surface area contributed by atoms with Crippen molar-refractivity contribution in [2.45, 2.75) is 0 Å². The Morgan fingerprint density at radius 2 is 2.21 bits per heavy atom. The molecule has 1 N–H and O–H groups in total. The Morgan fingerprint density at radius 3 is 2.86 bits per heavy atom. The predicted molar refractivity (Wildman–Crippen MR) is 55.0 cm³/mol. The second kappa shape index (κ2) is 5.30. The lowest BCUT2D eigenvalue weighted by molar-refractivity contribution is -0.130. The van der Waals surface area contributed by atoms with Gasteiger partial charge in [0.2, 0.25) is 0 Å². The molecule has 0 unspecified atom stereocenters. The summed E-state index contributed by atoms with van der Waals surface area (Å²) in [6.45, 7) is 0.0644. The molecule has 4 heteroatoms. The molecule has 3 nitrogen and oxygen atoms in total. The maximum Gasteiger partial charge on any atom is 0.382 e. The third kappa shape index (κ3) is 3.50. The maximum atomic E-state index is 10.0. The topological polar surface area (TPSA) is 46.5 Å². The van der Waals surface area contributed by atoms with Crippen LogP contribution in [0.25, 0.3) is 0 Å². The van der Waals surface area contributed by atoms with Crippen molar-refractivity contribution >= 4 is 21.9 Å². The SMILES string of the molecule is O=C(O)C#CCOc1ccccc1Br. The number of rotatable bonds is 2. The van der Waals surface area contributed by atoms with Gasteiger partial charge in [-0.3, -0.25) is 0 Å². The van der Waals surface area contributed by atoms with Crippen LogP contribution in [0.4, 0.5) is 0 Å². The zero-order valence-electron chi connectivity index (χ0n) is 7.16. The Hall–Kier alpha value is -1.47. The fraction of sp³-hybridized carbons (Fsp3) is 0.100. The summed E-state index contributed by atoms with van der Waals surface area (Å²) in [7, 11) is 0. The van der Waals surface area contributed by atoms with Crippen molar-refractivity contribution in [3.8, 4) is 17.6 Å². The Labute approximate surface area is 89.8 Å².